The molecular weight excluding hydrogens is 428 g/mol. The second kappa shape index (κ2) is 4.06. The molecule has 0 N–H and O–H groups in total. The van der Waals surface area contributed by atoms with Gasteiger partial charge in [-0.05, 0) is 50.7 Å². The van der Waals surface area contributed by atoms with Crippen LogP contribution >= 0.6 is 54.5 Å². The van der Waals surface area contributed by atoms with Gasteiger partial charge in [0.25, 0.3) is 0 Å². The smallest absolute Gasteiger partial charge is 0.166 e. The summed E-state index contributed by atoms with van der Waals surface area (Å²) in [5.74, 6) is 0. The fourth-order valence-electron chi connectivity index (χ4n) is 0.740. The quantitative estimate of drug-likeness (QED) is 0.409. The third-order valence-corrected chi connectivity index (χ3v) is 4.26. The van der Waals surface area contributed by atoms with Crippen molar-refractivity contribution >= 4 is 54.5 Å². The Morgan fingerprint density at radius 1 is 1.08 bits per heavy atom. The van der Waals surface area contributed by atoms with E-state index in [4.69, 9.17) is 0 Å². The van der Waals surface area contributed by atoms with E-state index in [1.807, 2.05) is 22.6 Å². The second-order valence-electron chi connectivity index (χ2n) is 2.24. The van der Waals surface area contributed by atoms with Gasteiger partial charge in [-0.3, -0.25) is 0 Å². The zero-order chi connectivity index (χ0) is 10.2. The van der Waals surface area contributed by atoms with Gasteiger partial charge < -0.3 is 0 Å². The highest BCUT2D eigenvalue weighted by atomic mass is 127. The summed E-state index contributed by atoms with van der Waals surface area (Å²) < 4.78 is 38.2. The Bertz CT molecular complexity index is 335. The van der Waals surface area contributed by atoms with Crippen molar-refractivity contribution in [1.29, 1.82) is 0 Å². The Labute approximate surface area is 103 Å². The zero-order valence-corrected chi connectivity index (χ0v) is 11.3. The molecule has 0 atom stereocenters. The van der Waals surface area contributed by atoms with Crippen molar-refractivity contribution in [3.63, 3.8) is 0 Å². The molecule has 0 aliphatic rings. The average Bonchev–Trinajstić information content (AvgIpc) is 1.94. The lowest BCUT2D eigenvalue weighted by Crippen LogP contribution is -2.06. The molecule has 13 heavy (non-hydrogen) atoms. The van der Waals surface area contributed by atoms with Crippen LogP contribution in [-0.4, -0.2) is 0 Å². The number of benzene rings is 1. The zero-order valence-electron chi connectivity index (χ0n) is 5.92. The van der Waals surface area contributed by atoms with Crippen molar-refractivity contribution in [3.05, 3.63) is 30.2 Å². The highest BCUT2D eigenvalue weighted by Crippen LogP contribution is 2.37. The Balaban J connectivity index is 3.32. The molecule has 0 saturated carbocycles. The monoisotopic (exact) mass is 428 g/mol. The predicted molar refractivity (Wildman–Crippen MR) is 59.6 cm³/mol. The lowest BCUT2D eigenvalue weighted by atomic mass is 10.2. The fourth-order valence-corrected chi connectivity index (χ4v) is 2.43. The van der Waals surface area contributed by atoms with Gasteiger partial charge in [-0.2, -0.15) is 13.2 Å². The molecule has 0 fully saturated rings. The molecule has 1 aromatic carbocycles. The van der Waals surface area contributed by atoms with Crippen molar-refractivity contribution in [2.75, 3.05) is 0 Å². The van der Waals surface area contributed by atoms with Gasteiger partial charge in [0.05, 0.1) is 5.56 Å². The molecule has 0 amide bonds. The number of alkyl halides is 3. The summed E-state index contributed by atoms with van der Waals surface area (Å²) in [5.41, 5.74) is -0.653. The van der Waals surface area contributed by atoms with E-state index < -0.39 is 11.7 Å². The van der Waals surface area contributed by atoms with Gasteiger partial charge in [-0.1, -0.05) is 15.9 Å². The topological polar surface area (TPSA) is 0 Å². The minimum absolute atomic E-state index is 0.0484. The van der Waals surface area contributed by atoms with Gasteiger partial charge in [-0.25, -0.2) is 0 Å². The van der Waals surface area contributed by atoms with Crippen LogP contribution in [0.1, 0.15) is 5.56 Å². The summed E-state index contributed by atoms with van der Waals surface area (Å²) in [5, 5.41) is 0. The van der Waals surface area contributed by atoms with E-state index in [1.54, 1.807) is 0 Å². The maximum atomic E-state index is 12.3. The van der Waals surface area contributed by atoms with Crippen LogP contribution in [0.2, 0.25) is 0 Å². The van der Waals surface area contributed by atoms with E-state index in [-0.39, 0.29) is 4.47 Å². The van der Waals surface area contributed by atoms with E-state index in [0.717, 1.165) is 6.07 Å². The first-order valence-electron chi connectivity index (χ1n) is 3.04. The first kappa shape index (κ1) is 11.8. The van der Waals surface area contributed by atoms with Gasteiger partial charge in [0.1, 0.15) is 0 Å². The molecular formula is C7H2Br2F3I. The molecule has 0 aromatic heterocycles. The maximum Gasteiger partial charge on any atom is 0.417 e. The van der Waals surface area contributed by atoms with Crippen LogP contribution in [0.3, 0.4) is 0 Å². The van der Waals surface area contributed by atoms with Crippen LogP contribution in [0.5, 0.6) is 0 Å². The van der Waals surface area contributed by atoms with Crippen LogP contribution in [0, 0.1) is 3.57 Å². The van der Waals surface area contributed by atoms with Crippen LogP contribution < -0.4 is 0 Å². The Hall–Kier alpha value is 0.700. The minimum atomic E-state index is -4.31. The number of hydrogen-bond acceptors (Lipinski definition) is 0. The molecule has 0 spiro atoms. The maximum absolute atomic E-state index is 12.3. The molecule has 1 aromatic rings. The van der Waals surface area contributed by atoms with Gasteiger partial charge in [0, 0.05) is 12.5 Å². The Kier molecular flexibility index (Phi) is 3.67. The van der Waals surface area contributed by atoms with Gasteiger partial charge in [0.2, 0.25) is 0 Å². The summed E-state index contributed by atoms with van der Waals surface area (Å²) in [6, 6.07) is 2.49. The Morgan fingerprint density at radius 2 is 1.62 bits per heavy atom. The summed E-state index contributed by atoms with van der Waals surface area (Å²) in [6.07, 6.45) is -4.31. The largest absolute Gasteiger partial charge is 0.417 e. The second-order valence-corrected chi connectivity index (χ2v) is 5.11. The fraction of sp³-hybridized carbons (Fsp3) is 0.143. The summed E-state index contributed by atoms with van der Waals surface area (Å²) in [6.45, 7) is 0. The molecule has 0 aliphatic heterocycles. The van der Waals surface area contributed by atoms with Crippen molar-refractivity contribution < 1.29 is 13.2 Å². The third kappa shape index (κ3) is 2.82. The highest BCUT2D eigenvalue weighted by molar-refractivity contribution is 14.1. The molecule has 72 valence electrons. The van der Waals surface area contributed by atoms with Gasteiger partial charge in [0.15, 0.2) is 0 Å². The van der Waals surface area contributed by atoms with Crippen molar-refractivity contribution in [1.82, 2.24) is 0 Å². The van der Waals surface area contributed by atoms with E-state index in [2.05, 4.69) is 31.9 Å². The normalized spacial score (nSPS) is 11.8. The standard InChI is InChI=1S/C7H2Br2F3I/c8-4-2-5(9)6(13)1-3(4)7(10,11)12/h1-2H. The average molecular weight is 430 g/mol. The first-order valence-corrected chi connectivity index (χ1v) is 5.70. The third-order valence-electron chi connectivity index (χ3n) is 1.32. The minimum Gasteiger partial charge on any atom is -0.166 e. The molecule has 0 aliphatic carbocycles. The van der Waals surface area contributed by atoms with E-state index in [0.29, 0.717) is 8.04 Å². The number of rotatable bonds is 0. The van der Waals surface area contributed by atoms with Gasteiger partial charge in [-0.15, -0.1) is 0 Å². The highest BCUT2D eigenvalue weighted by Gasteiger charge is 2.33. The van der Waals surface area contributed by atoms with E-state index in [9.17, 15) is 13.2 Å². The lowest BCUT2D eigenvalue weighted by Gasteiger charge is -2.10. The molecule has 0 nitrogen and oxygen atoms in total. The molecule has 0 heterocycles. The van der Waals surface area contributed by atoms with Gasteiger partial charge >= 0.3 is 6.18 Å². The molecule has 0 unspecified atom stereocenters. The summed E-state index contributed by atoms with van der Waals surface area (Å²) in [7, 11) is 0. The first-order chi connectivity index (χ1) is 5.82. The van der Waals surface area contributed by atoms with Crippen LogP contribution in [0.4, 0.5) is 13.2 Å². The van der Waals surface area contributed by atoms with E-state index >= 15 is 0 Å². The Morgan fingerprint density at radius 3 is 2.08 bits per heavy atom. The van der Waals surface area contributed by atoms with Crippen LogP contribution in [0.25, 0.3) is 0 Å². The summed E-state index contributed by atoms with van der Waals surface area (Å²) >= 11 is 7.84. The van der Waals surface area contributed by atoms with Crippen LogP contribution in [0.15, 0.2) is 21.1 Å². The summed E-state index contributed by atoms with van der Waals surface area (Å²) in [4.78, 5) is 0. The molecule has 0 saturated heterocycles. The number of hydrogen-bond donors (Lipinski definition) is 0. The SMILES string of the molecule is FC(F)(F)c1cc(I)c(Br)cc1Br. The van der Waals surface area contributed by atoms with Crippen LogP contribution in [-0.2, 0) is 6.18 Å². The molecule has 6 heteroatoms. The number of halogens is 6. The predicted octanol–water partition coefficient (Wildman–Crippen LogP) is 4.84. The lowest BCUT2D eigenvalue weighted by molar-refractivity contribution is -0.138. The van der Waals surface area contributed by atoms with Crippen molar-refractivity contribution in [3.8, 4) is 0 Å². The molecule has 1 rings (SSSR count). The molecule has 0 radical (unpaired) electrons. The van der Waals surface area contributed by atoms with Crippen molar-refractivity contribution in [2.24, 2.45) is 0 Å². The van der Waals surface area contributed by atoms with E-state index in [1.165, 1.54) is 6.07 Å². The molecule has 0 bridgehead atoms. The van der Waals surface area contributed by atoms with Crippen molar-refractivity contribution in [2.45, 2.75) is 6.18 Å².